The van der Waals surface area contributed by atoms with Gasteiger partial charge in [0.15, 0.2) is 0 Å². The molecule has 0 saturated carbocycles. The minimum absolute atomic E-state index is 1.10. The minimum Gasteiger partial charge on any atom is -0.341 e. The van der Waals surface area contributed by atoms with Crippen LogP contribution >= 0.6 is 15.9 Å². The molecule has 0 spiro atoms. The van der Waals surface area contributed by atoms with Crippen LogP contribution in [0.5, 0.6) is 0 Å². The van der Waals surface area contributed by atoms with E-state index in [2.05, 4.69) is 68.4 Å². The third kappa shape index (κ3) is 1.20. The van der Waals surface area contributed by atoms with Crippen molar-refractivity contribution in [2.24, 2.45) is 0 Å². The number of hydrogen-bond donors (Lipinski definition) is 2. The van der Waals surface area contributed by atoms with Crippen molar-refractivity contribution in [1.29, 1.82) is 0 Å². The minimum atomic E-state index is 1.10. The van der Waals surface area contributed by atoms with E-state index in [0.717, 1.165) is 15.6 Å². The number of aromatic amines is 2. The molecule has 2 nitrogen and oxygen atoms in total. The maximum atomic E-state index is 3.50. The quantitative estimate of drug-likeness (QED) is 0.474. The van der Waals surface area contributed by atoms with Gasteiger partial charge in [-0.15, -0.1) is 0 Å². The zero-order valence-electron chi connectivity index (χ0n) is 8.92. The fourth-order valence-corrected chi connectivity index (χ4v) is 2.85. The summed E-state index contributed by atoms with van der Waals surface area (Å²) in [6, 6.07) is 14.7. The number of hydrogen-bond acceptors (Lipinski definition) is 0. The SMILES string of the molecule is Brc1ccc2c(c1)[nH]c1[nH]c3ccccc3c12. The smallest absolute Gasteiger partial charge is 0.116 e. The second-order valence-corrected chi connectivity index (χ2v) is 5.15. The largest absolute Gasteiger partial charge is 0.341 e. The Morgan fingerprint density at radius 1 is 0.824 bits per heavy atom. The van der Waals surface area contributed by atoms with E-state index in [1.165, 1.54) is 21.7 Å². The zero-order valence-corrected chi connectivity index (χ0v) is 10.5. The highest BCUT2D eigenvalue weighted by atomic mass is 79.9. The Bertz CT molecular complexity index is 854. The monoisotopic (exact) mass is 284 g/mol. The maximum absolute atomic E-state index is 3.50. The number of rotatable bonds is 0. The molecule has 17 heavy (non-hydrogen) atoms. The van der Waals surface area contributed by atoms with Crippen LogP contribution in [0.2, 0.25) is 0 Å². The molecular formula is C14H9BrN2. The molecule has 2 aromatic heterocycles. The number of nitrogens with one attached hydrogen (secondary N) is 2. The average Bonchev–Trinajstić information content (AvgIpc) is 2.83. The molecule has 3 heteroatoms. The van der Waals surface area contributed by atoms with Gasteiger partial charge in [-0.1, -0.05) is 40.2 Å². The molecule has 2 aromatic carbocycles. The molecule has 0 radical (unpaired) electrons. The highest BCUT2D eigenvalue weighted by Crippen LogP contribution is 2.33. The summed E-state index contributed by atoms with van der Waals surface area (Å²) in [6.45, 7) is 0. The molecule has 4 aromatic rings. The van der Waals surface area contributed by atoms with Crippen LogP contribution in [0.4, 0.5) is 0 Å². The van der Waals surface area contributed by atoms with Gasteiger partial charge >= 0.3 is 0 Å². The van der Waals surface area contributed by atoms with Gasteiger partial charge in [-0.3, -0.25) is 0 Å². The Balaban J connectivity index is 2.31. The molecule has 0 saturated heterocycles. The molecule has 0 bridgehead atoms. The Morgan fingerprint density at radius 3 is 2.53 bits per heavy atom. The van der Waals surface area contributed by atoms with E-state index in [0.29, 0.717) is 0 Å². The van der Waals surface area contributed by atoms with E-state index in [1.54, 1.807) is 0 Å². The van der Waals surface area contributed by atoms with Crippen molar-refractivity contribution in [2.45, 2.75) is 0 Å². The number of aromatic nitrogens is 2. The second kappa shape index (κ2) is 3.14. The molecule has 0 atom stereocenters. The number of para-hydroxylation sites is 1. The Kier molecular flexibility index (Phi) is 1.72. The molecule has 0 amide bonds. The van der Waals surface area contributed by atoms with Crippen molar-refractivity contribution in [1.82, 2.24) is 9.97 Å². The Hall–Kier alpha value is -1.74. The molecule has 82 valence electrons. The molecular weight excluding hydrogens is 276 g/mol. The van der Waals surface area contributed by atoms with Crippen LogP contribution < -0.4 is 0 Å². The lowest BCUT2D eigenvalue weighted by molar-refractivity contribution is 1.42. The first kappa shape index (κ1) is 9.31. The van der Waals surface area contributed by atoms with E-state index in [4.69, 9.17) is 0 Å². The zero-order chi connectivity index (χ0) is 11.4. The highest BCUT2D eigenvalue weighted by Gasteiger charge is 2.10. The fraction of sp³-hybridized carbons (Fsp3) is 0. The van der Waals surface area contributed by atoms with Gasteiger partial charge in [0.25, 0.3) is 0 Å². The molecule has 2 N–H and O–H groups in total. The highest BCUT2D eigenvalue weighted by molar-refractivity contribution is 9.10. The third-order valence-corrected chi connectivity index (χ3v) is 3.71. The summed E-state index contributed by atoms with van der Waals surface area (Å²) in [5, 5.41) is 3.82. The lowest BCUT2D eigenvalue weighted by Gasteiger charge is -1.93. The third-order valence-electron chi connectivity index (χ3n) is 3.22. The number of fused-ring (bicyclic) bond motifs is 5. The maximum Gasteiger partial charge on any atom is 0.116 e. The predicted molar refractivity (Wildman–Crippen MR) is 75.4 cm³/mol. The van der Waals surface area contributed by atoms with E-state index in [9.17, 15) is 0 Å². The Morgan fingerprint density at radius 2 is 1.59 bits per heavy atom. The lowest BCUT2D eigenvalue weighted by atomic mass is 10.1. The lowest BCUT2D eigenvalue weighted by Crippen LogP contribution is -1.71. The van der Waals surface area contributed by atoms with Crippen LogP contribution in [0.25, 0.3) is 32.8 Å². The standard InChI is InChI=1S/C14H9BrN2/c15-8-5-6-10-12(7-8)17-14-13(10)9-3-1-2-4-11(9)16-14/h1-7,16-17H. The van der Waals surface area contributed by atoms with Crippen molar-refractivity contribution in [3.8, 4) is 0 Å². The molecule has 4 rings (SSSR count). The summed E-state index contributed by atoms with van der Waals surface area (Å²) in [6.07, 6.45) is 0. The van der Waals surface area contributed by atoms with E-state index in [-0.39, 0.29) is 0 Å². The summed E-state index contributed by atoms with van der Waals surface area (Å²) in [7, 11) is 0. The summed E-state index contributed by atoms with van der Waals surface area (Å²) < 4.78 is 1.10. The average molecular weight is 285 g/mol. The summed E-state index contributed by atoms with van der Waals surface area (Å²) >= 11 is 3.50. The summed E-state index contributed by atoms with van der Waals surface area (Å²) in [5.74, 6) is 0. The van der Waals surface area contributed by atoms with Crippen molar-refractivity contribution >= 4 is 48.8 Å². The topological polar surface area (TPSA) is 31.6 Å². The molecule has 0 aliphatic rings. The van der Waals surface area contributed by atoms with Gasteiger partial charge in [0, 0.05) is 31.7 Å². The van der Waals surface area contributed by atoms with Gasteiger partial charge in [-0.2, -0.15) is 0 Å². The fourth-order valence-electron chi connectivity index (χ4n) is 2.49. The van der Waals surface area contributed by atoms with Crippen molar-refractivity contribution in [3.63, 3.8) is 0 Å². The molecule has 2 heterocycles. The number of halogens is 1. The second-order valence-electron chi connectivity index (χ2n) is 4.24. The van der Waals surface area contributed by atoms with E-state index < -0.39 is 0 Å². The van der Waals surface area contributed by atoms with E-state index >= 15 is 0 Å². The predicted octanol–water partition coefficient (Wildman–Crippen LogP) is 4.56. The van der Waals surface area contributed by atoms with Crippen molar-refractivity contribution < 1.29 is 0 Å². The van der Waals surface area contributed by atoms with Gasteiger partial charge in [0.05, 0.1) is 0 Å². The first-order valence-electron chi connectivity index (χ1n) is 5.50. The Labute approximate surface area is 106 Å². The number of H-pyrrole nitrogens is 2. The van der Waals surface area contributed by atoms with Crippen LogP contribution in [-0.4, -0.2) is 9.97 Å². The first-order chi connectivity index (χ1) is 8.33. The van der Waals surface area contributed by atoms with Crippen LogP contribution in [0.3, 0.4) is 0 Å². The normalized spacial score (nSPS) is 11.8. The van der Waals surface area contributed by atoms with Crippen LogP contribution in [0.15, 0.2) is 46.9 Å². The van der Waals surface area contributed by atoms with Crippen LogP contribution in [0.1, 0.15) is 0 Å². The molecule has 0 aliphatic heterocycles. The van der Waals surface area contributed by atoms with Gasteiger partial charge in [0.2, 0.25) is 0 Å². The molecule has 0 fully saturated rings. The van der Waals surface area contributed by atoms with Crippen molar-refractivity contribution in [2.75, 3.05) is 0 Å². The van der Waals surface area contributed by atoms with Gasteiger partial charge in [0.1, 0.15) is 5.65 Å². The number of benzene rings is 2. The van der Waals surface area contributed by atoms with Gasteiger partial charge in [-0.25, -0.2) is 0 Å². The van der Waals surface area contributed by atoms with Gasteiger partial charge in [-0.05, 0) is 18.2 Å². The van der Waals surface area contributed by atoms with Gasteiger partial charge < -0.3 is 9.97 Å². The van der Waals surface area contributed by atoms with Crippen molar-refractivity contribution in [3.05, 3.63) is 46.9 Å². The van der Waals surface area contributed by atoms with E-state index in [1.807, 2.05) is 0 Å². The van der Waals surface area contributed by atoms with Crippen LogP contribution in [-0.2, 0) is 0 Å². The molecule has 0 unspecified atom stereocenters. The molecule has 0 aliphatic carbocycles. The first-order valence-corrected chi connectivity index (χ1v) is 6.30. The summed E-state index contributed by atoms with van der Waals surface area (Å²) in [5.41, 5.74) is 3.43. The summed E-state index contributed by atoms with van der Waals surface area (Å²) in [4.78, 5) is 6.84. The van der Waals surface area contributed by atoms with Crippen LogP contribution in [0, 0.1) is 0 Å².